The molecule has 0 radical (unpaired) electrons. The van der Waals surface area contributed by atoms with Crippen molar-refractivity contribution in [3.63, 3.8) is 0 Å². The smallest absolute Gasteiger partial charge is 0.255 e. The Labute approximate surface area is 153 Å². The van der Waals surface area contributed by atoms with Crippen LogP contribution in [0.2, 0.25) is 0 Å². The number of hydrogen-bond donors (Lipinski definition) is 0. The highest BCUT2D eigenvalue weighted by atomic mass is 16.2. The van der Waals surface area contributed by atoms with Gasteiger partial charge in [-0.3, -0.25) is 14.5 Å². The Morgan fingerprint density at radius 2 is 2.08 bits per heavy atom. The largest absolute Gasteiger partial charge is 0.332 e. The topological polar surface area (TPSA) is 51.0 Å². The molecule has 5 nitrogen and oxygen atoms in total. The Hall–Kier alpha value is -2.69. The lowest BCUT2D eigenvalue weighted by molar-refractivity contribution is 0.0692. The van der Waals surface area contributed by atoms with E-state index in [1.165, 1.54) is 12.8 Å². The minimum atomic E-state index is 0.0596. The minimum Gasteiger partial charge on any atom is -0.332 e. The molecule has 0 aliphatic heterocycles. The molecule has 1 saturated carbocycles. The van der Waals surface area contributed by atoms with Crippen molar-refractivity contribution >= 4 is 16.8 Å². The van der Waals surface area contributed by atoms with Gasteiger partial charge in [0.1, 0.15) is 0 Å². The van der Waals surface area contributed by atoms with Crippen molar-refractivity contribution in [2.24, 2.45) is 7.05 Å². The molecule has 0 N–H and O–H groups in total. The van der Waals surface area contributed by atoms with Crippen LogP contribution in [0.3, 0.4) is 0 Å². The molecular weight excluding hydrogens is 324 g/mol. The van der Waals surface area contributed by atoms with Crippen LogP contribution in [-0.2, 0) is 13.6 Å². The number of rotatable bonds is 5. The zero-order valence-electron chi connectivity index (χ0n) is 15.5. The van der Waals surface area contributed by atoms with Gasteiger partial charge in [-0.25, -0.2) is 0 Å². The van der Waals surface area contributed by atoms with Gasteiger partial charge < -0.3 is 4.90 Å². The van der Waals surface area contributed by atoms with E-state index in [2.05, 4.69) is 18.9 Å². The second-order valence-electron chi connectivity index (χ2n) is 7.44. The van der Waals surface area contributed by atoms with Gasteiger partial charge in [0.15, 0.2) is 0 Å². The third-order valence-electron chi connectivity index (χ3n) is 4.96. The van der Waals surface area contributed by atoms with E-state index >= 15 is 0 Å². The van der Waals surface area contributed by atoms with Gasteiger partial charge in [-0.2, -0.15) is 5.10 Å². The average molecular weight is 348 g/mol. The van der Waals surface area contributed by atoms with Gasteiger partial charge in [-0.15, -0.1) is 0 Å². The first kappa shape index (κ1) is 16.8. The van der Waals surface area contributed by atoms with Crippen molar-refractivity contribution in [3.05, 3.63) is 59.5 Å². The number of carbonyl (C=O) groups excluding carboxylic acids is 1. The zero-order chi connectivity index (χ0) is 18.3. The van der Waals surface area contributed by atoms with E-state index in [0.717, 1.165) is 27.7 Å². The molecule has 1 aromatic carbocycles. The van der Waals surface area contributed by atoms with E-state index in [4.69, 9.17) is 4.98 Å². The second kappa shape index (κ2) is 6.56. The fourth-order valence-electron chi connectivity index (χ4n) is 3.35. The molecule has 2 heterocycles. The molecule has 1 fully saturated rings. The lowest BCUT2D eigenvalue weighted by Crippen LogP contribution is -2.36. The van der Waals surface area contributed by atoms with Crippen LogP contribution in [0.15, 0.2) is 42.7 Å². The first-order chi connectivity index (χ1) is 12.5. The van der Waals surface area contributed by atoms with Crippen LogP contribution in [0.1, 0.15) is 54.2 Å². The van der Waals surface area contributed by atoms with Crippen molar-refractivity contribution in [2.75, 3.05) is 0 Å². The minimum absolute atomic E-state index is 0.0596. The maximum absolute atomic E-state index is 13.5. The molecule has 2 aromatic heterocycles. The van der Waals surface area contributed by atoms with Gasteiger partial charge in [-0.05, 0) is 38.8 Å². The molecule has 1 aliphatic carbocycles. The van der Waals surface area contributed by atoms with E-state index in [1.54, 1.807) is 4.68 Å². The Balaban J connectivity index is 1.75. The molecule has 0 bridgehead atoms. The third kappa shape index (κ3) is 3.21. The van der Waals surface area contributed by atoms with Gasteiger partial charge in [0.25, 0.3) is 5.91 Å². The highest BCUT2D eigenvalue weighted by molar-refractivity contribution is 6.06. The molecule has 134 valence electrons. The summed E-state index contributed by atoms with van der Waals surface area (Å²) >= 11 is 0. The zero-order valence-corrected chi connectivity index (χ0v) is 15.5. The second-order valence-corrected chi connectivity index (χ2v) is 7.44. The van der Waals surface area contributed by atoms with Crippen molar-refractivity contribution < 1.29 is 4.79 Å². The Morgan fingerprint density at radius 1 is 1.31 bits per heavy atom. The van der Waals surface area contributed by atoms with E-state index in [9.17, 15) is 4.79 Å². The van der Waals surface area contributed by atoms with E-state index in [-0.39, 0.29) is 11.9 Å². The summed E-state index contributed by atoms with van der Waals surface area (Å²) in [6.07, 6.45) is 6.12. The summed E-state index contributed by atoms with van der Waals surface area (Å²) in [4.78, 5) is 20.2. The number of benzene rings is 1. The molecule has 1 amide bonds. The third-order valence-corrected chi connectivity index (χ3v) is 4.96. The first-order valence-electron chi connectivity index (χ1n) is 9.21. The van der Waals surface area contributed by atoms with Crippen LogP contribution < -0.4 is 0 Å². The maximum Gasteiger partial charge on any atom is 0.255 e. The number of carbonyl (C=O) groups is 1. The number of hydrogen-bond acceptors (Lipinski definition) is 3. The van der Waals surface area contributed by atoms with Crippen LogP contribution in [0.4, 0.5) is 0 Å². The number of amides is 1. The van der Waals surface area contributed by atoms with Crippen LogP contribution >= 0.6 is 0 Å². The summed E-state index contributed by atoms with van der Waals surface area (Å²) in [6.45, 7) is 4.67. The highest BCUT2D eigenvalue weighted by Crippen LogP contribution is 2.40. The molecule has 3 aromatic rings. The van der Waals surface area contributed by atoms with E-state index in [1.807, 2.05) is 54.7 Å². The first-order valence-corrected chi connectivity index (χ1v) is 9.21. The van der Waals surface area contributed by atoms with Crippen molar-refractivity contribution in [2.45, 2.75) is 45.2 Å². The summed E-state index contributed by atoms with van der Waals surface area (Å²) in [5.74, 6) is 0.571. The van der Waals surface area contributed by atoms with Gasteiger partial charge in [0.2, 0.25) is 0 Å². The SMILES string of the molecule is CC(C)N(Cc1cnn(C)c1)C(=O)c1cc(C2CC2)nc2ccccc12. The number of fused-ring (bicyclic) bond motifs is 1. The molecule has 4 rings (SSSR count). The summed E-state index contributed by atoms with van der Waals surface area (Å²) < 4.78 is 1.77. The van der Waals surface area contributed by atoms with Crippen LogP contribution in [0.5, 0.6) is 0 Å². The summed E-state index contributed by atoms with van der Waals surface area (Å²) in [7, 11) is 1.89. The van der Waals surface area contributed by atoms with E-state index in [0.29, 0.717) is 12.5 Å². The molecule has 0 unspecified atom stereocenters. The average Bonchev–Trinajstić information content (AvgIpc) is 3.40. The predicted octanol–water partition coefficient (Wildman–Crippen LogP) is 3.90. The van der Waals surface area contributed by atoms with Gasteiger partial charge >= 0.3 is 0 Å². The van der Waals surface area contributed by atoms with E-state index < -0.39 is 0 Å². The molecule has 1 aliphatic rings. The standard InChI is InChI=1S/C21H24N4O/c1-14(2)25(13-15-11-22-24(3)12-15)21(26)18-10-20(16-8-9-16)23-19-7-5-4-6-17(18)19/h4-7,10-12,14,16H,8-9,13H2,1-3H3. The Kier molecular flexibility index (Phi) is 4.23. The summed E-state index contributed by atoms with van der Waals surface area (Å²) in [5.41, 5.74) is 3.76. The lowest BCUT2D eigenvalue weighted by Gasteiger charge is -2.27. The van der Waals surface area contributed by atoms with Crippen LogP contribution in [0.25, 0.3) is 10.9 Å². The fourth-order valence-corrected chi connectivity index (χ4v) is 3.35. The van der Waals surface area contributed by atoms with Crippen molar-refractivity contribution in [1.29, 1.82) is 0 Å². The number of aromatic nitrogens is 3. The quantitative estimate of drug-likeness (QED) is 0.703. The van der Waals surface area contributed by atoms with Crippen LogP contribution in [-0.4, -0.2) is 31.6 Å². The van der Waals surface area contributed by atoms with Crippen molar-refractivity contribution in [1.82, 2.24) is 19.7 Å². The van der Waals surface area contributed by atoms with Gasteiger partial charge in [0.05, 0.1) is 17.3 Å². The summed E-state index contributed by atoms with van der Waals surface area (Å²) in [5, 5.41) is 5.15. The molecule has 5 heteroatoms. The monoisotopic (exact) mass is 348 g/mol. The molecule has 0 saturated heterocycles. The molecule has 0 atom stereocenters. The Morgan fingerprint density at radius 3 is 2.73 bits per heavy atom. The fraction of sp³-hybridized carbons (Fsp3) is 0.381. The lowest BCUT2D eigenvalue weighted by atomic mass is 10.0. The number of aryl methyl sites for hydroxylation is 1. The Bertz CT molecular complexity index is 956. The van der Waals surface area contributed by atoms with Crippen molar-refractivity contribution in [3.8, 4) is 0 Å². The molecule has 0 spiro atoms. The van der Waals surface area contributed by atoms with Gasteiger partial charge in [0, 0.05) is 48.4 Å². The predicted molar refractivity (Wildman–Crippen MR) is 102 cm³/mol. The van der Waals surface area contributed by atoms with Crippen LogP contribution in [0, 0.1) is 0 Å². The number of nitrogens with zero attached hydrogens (tertiary/aromatic N) is 4. The maximum atomic E-state index is 13.5. The highest BCUT2D eigenvalue weighted by Gasteiger charge is 2.28. The number of pyridine rings is 1. The molecular formula is C21H24N4O. The number of para-hydroxylation sites is 1. The summed E-state index contributed by atoms with van der Waals surface area (Å²) in [6, 6.07) is 10.1. The van der Waals surface area contributed by atoms with Gasteiger partial charge in [-0.1, -0.05) is 18.2 Å². The normalized spacial score (nSPS) is 14.2. The molecule has 26 heavy (non-hydrogen) atoms.